The zero-order valence-electron chi connectivity index (χ0n) is 9.90. The van der Waals surface area contributed by atoms with E-state index in [2.05, 4.69) is 25.9 Å². The van der Waals surface area contributed by atoms with Gasteiger partial charge in [-0.25, -0.2) is 0 Å². The summed E-state index contributed by atoms with van der Waals surface area (Å²) in [6, 6.07) is 2.41. The molecular weight excluding hydrogens is 222 g/mol. The van der Waals surface area contributed by atoms with Crippen LogP contribution < -0.4 is 5.32 Å². The third-order valence-electron chi connectivity index (χ3n) is 2.43. The van der Waals surface area contributed by atoms with Crippen LogP contribution in [0.5, 0.6) is 0 Å². The van der Waals surface area contributed by atoms with Crippen molar-refractivity contribution in [2.24, 2.45) is 0 Å². The van der Waals surface area contributed by atoms with Crippen LogP contribution in [0.1, 0.15) is 26.0 Å². The first kappa shape index (κ1) is 12.9. The van der Waals surface area contributed by atoms with Crippen molar-refractivity contribution in [3.05, 3.63) is 5.69 Å². The molecular formula is C10H17N5S. The second-order valence-corrected chi connectivity index (χ2v) is 4.46. The van der Waals surface area contributed by atoms with E-state index in [4.69, 9.17) is 5.26 Å². The van der Waals surface area contributed by atoms with Crippen molar-refractivity contribution in [2.75, 3.05) is 18.9 Å². The van der Waals surface area contributed by atoms with Gasteiger partial charge in [-0.3, -0.25) is 4.90 Å². The van der Waals surface area contributed by atoms with Crippen LogP contribution >= 0.6 is 11.5 Å². The molecule has 1 aromatic rings. The topological polar surface area (TPSA) is 64.8 Å². The predicted octanol–water partition coefficient (Wildman–Crippen LogP) is 1.70. The fraction of sp³-hybridized carbons (Fsp3) is 0.700. The van der Waals surface area contributed by atoms with E-state index in [9.17, 15) is 0 Å². The van der Waals surface area contributed by atoms with E-state index in [-0.39, 0.29) is 6.04 Å². The fourth-order valence-electron chi connectivity index (χ4n) is 1.29. The van der Waals surface area contributed by atoms with Gasteiger partial charge >= 0.3 is 0 Å². The van der Waals surface area contributed by atoms with Crippen molar-refractivity contribution < 1.29 is 0 Å². The summed E-state index contributed by atoms with van der Waals surface area (Å²) >= 11 is 1.38. The Morgan fingerprint density at radius 2 is 2.38 bits per heavy atom. The predicted molar refractivity (Wildman–Crippen MR) is 65.2 cm³/mol. The van der Waals surface area contributed by atoms with Crippen molar-refractivity contribution in [1.29, 1.82) is 5.26 Å². The summed E-state index contributed by atoms with van der Waals surface area (Å²) in [5.41, 5.74) is 0.958. The molecule has 0 fully saturated rings. The molecule has 0 amide bonds. The lowest BCUT2D eigenvalue weighted by molar-refractivity contribution is 0.250. The first-order valence-corrected chi connectivity index (χ1v) is 6.08. The summed E-state index contributed by atoms with van der Waals surface area (Å²) in [7, 11) is 2.00. The van der Waals surface area contributed by atoms with Gasteiger partial charge in [-0.2, -0.15) is 5.26 Å². The van der Waals surface area contributed by atoms with Crippen molar-refractivity contribution in [3.63, 3.8) is 0 Å². The highest BCUT2D eigenvalue weighted by atomic mass is 32.1. The summed E-state index contributed by atoms with van der Waals surface area (Å²) in [5, 5.41) is 17.0. The molecule has 16 heavy (non-hydrogen) atoms. The summed E-state index contributed by atoms with van der Waals surface area (Å²) in [5.74, 6) is 0. The minimum absolute atomic E-state index is 0.237. The van der Waals surface area contributed by atoms with E-state index < -0.39 is 0 Å². The van der Waals surface area contributed by atoms with E-state index in [1.807, 2.05) is 20.9 Å². The lowest BCUT2D eigenvalue weighted by Gasteiger charge is -2.21. The molecule has 0 saturated heterocycles. The molecule has 0 radical (unpaired) electrons. The molecule has 0 aromatic carbocycles. The van der Waals surface area contributed by atoms with Crippen LogP contribution in [-0.4, -0.2) is 34.1 Å². The quantitative estimate of drug-likeness (QED) is 0.818. The summed E-state index contributed by atoms with van der Waals surface area (Å²) in [6.07, 6.45) is 0.532. The van der Waals surface area contributed by atoms with Crippen LogP contribution in [0.4, 0.5) is 5.00 Å². The molecule has 6 heteroatoms. The Labute approximate surface area is 100 Å². The third kappa shape index (κ3) is 3.43. The number of hydrogen-bond acceptors (Lipinski definition) is 6. The lowest BCUT2D eigenvalue weighted by atomic mass is 10.2. The van der Waals surface area contributed by atoms with E-state index in [0.717, 1.165) is 23.8 Å². The molecule has 1 atom stereocenters. The fourth-order valence-corrected chi connectivity index (χ4v) is 1.93. The summed E-state index contributed by atoms with van der Waals surface area (Å²) < 4.78 is 3.94. The molecule has 88 valence electrons. The Hall–Kier alpha value is -1.19. The van der Waals surface area contributed by atoms with Gasteiger partial charge in [0.05, 0.1) is 12.5 Å². The number of anilines is 1. The van der Waals surface area contributed by atoms with Crippen LogP contribution in [0.3, 0.4) is 0 Å². The smallest absolute Gasteiger partial charge is 0.134 e. The first-order chi connectivity index (χ1) is 7.69. The molecule has 1 rings (SSSR count). The van der Waals surface area contributed by atoms with Gasteiger partial charge in [0.1, 0.15) is 10.7 Å². The first-order valence-electron chi connectivity index (χ1n) is 5.31. The highest BCUT2D eigenvalue weighted by molar-refractivity contribution is 7.10. The highest BCUT2D eigenvalue weighted by Crippen LogP contribution is 2.19. The van der Waals surface area contributed by atoms with Gasteiger partial charge in [0.25, 0.3) is 0 Å². The third-order valence-corrected chi connectivity index (χ3v) is 3.16. The molecule has 0 bridgehead atoms. The Kier molecular flexibility index (Phi) is 5.15. The lowest BCUT2D eigenvalue weighted by Crippen LogP contribution is -2.28. The Morgan fingerprint density at radius 1 is 1.62 bits per heavy atom. The van der Waals surface area contributed by atoms with Gasteiger partial charge in [-0.05, 0) is 20.9 Å². The minimum Gasteiger partial charge on any atom is -0.374 e. The van der Waals surface area contributed by atoms with Gasteiger partial charge in [0, 0.05) is 30.7 Å². The standard InChI is InChI=1S/C10H17N5S/c1-4-12-10-9(13-14-16-10)7-15(3)8(2)5-6-11/h8,12H,4-5,7H2,1-3H3. The van der Waals surface area contributed by atoms with E-state index in [0.29, 0.717) is 6.42 Å². The number of rotatable bonds is 6. The van der Waals surface area contributed by atoms with Gasteiger partial charge < -0.3 is 5.32 Å². The summed E-state index contributed by atoms with van der Waals surface area (Å²) in [4.78, 5) is 2.11. The second-order valence-electron chi connectivity index (χ2n) is 3.71. The number of nitrogens with one attached hydrogen (secondary N) is 1. The van der Waals surface area contributed by atoms with Crippen LogP contribution in [0, 0.1) is 11.3 Å². The minimum atomic E-state index is 0.237. The number of nitrogens with zero attached hydrogens (tertiary/aromatic N) is 4. The van der Waals surface area contributed by atoms with Crippen molar-refractivity contribution in [3.8, 4) is 6.07 Å². The Balaban J connectivity index is 2.58. The van der Waals surface area contributed by atoms with Crippen molar-refractivity contribution >= 4 is 16.5 Å². The van der Waals surface area contributed by atoms with Gasteiger partial charge in [0.2, 0.25) is 0 Å². The van der Waals surface area contributed by atoms with Crippen molar-refractivity contribution in [1.82, 2.24) is 14.5 Å². The maximum absolute atomic E-state index is 8.64. The second kappa shape index (κ2) is 6.40. The van der Waals surface area contributed by atoms with Crippen molar-refractivity contribution in [2.45, 2.75) is 32.9 Å². The van der Waals surface area contributed by atoms with Gasteiger partial charge in [-0.15, -0.1) is 5.10 Å². The largest absolute Gasteiger partial charge is 0.374 e. The van der Waals surface area contributed by atoms with Gasteiger partial charge in [0.15, 0.2) is 0 Å². The zero-order chi connectivity index (χ0) is 12.0. The molecule has 1 N–H and O–H groups in total. The van der Waals surface area contributed by atoms with E-state index in [1.54, 1.807) is 0 Å². The molecule has 0 aliphatic rings. The molecule has 0 spiro atoms. The molecule has 1 heterocycles. The van der Waals surface area contributed by atoms with Gasteiger partial charge in [-0.1, -0.05) is 4.49 Å². The maximum atomic E-state index is 8.64. The monoisotopic (exact) mass is 239 g/mol. The van der Waals surface area contributed by atoms with Crippen LogP contribution in [0.15, 0.2) is 0 Å². The zero-order valence-corrected chi connectivity index (χ0v) is 10.7. The van der Waals surface area contributed by atoms with E-state index in [1.165, 1.54) is 11.5 Å². The average molecular weight is 239 g/mol. The van der Waals surface area contributed by atoms with Crippen LogP contribution in [-0.2, 0) is 6.54 Å². The Bertz CT molecular complexity index is 356. The van der Waals surface area contributed by atoms with E-state index >= 15 is 0 Å². The number of hydrogen-bond donors (Lipinski definition) is 1. The highest BCUT2D eigenvalue weighted by Gasteiger charge is 2.14. The molecule has 0 aliphatic heterocycles. The average Bonchev–Trinajstić information content (AvgIpc) is 2.67. The number of nitriles is 1. The summed E-state index contributed by atoms with van der Waals surface area (Å²) in [6.45, 7) is 5.68. The van der Waals surface area contributed by atoms with Crippen LogP contribution in [0.2, 0.25) is 0 Å². The normalized spacial score (nSPS) is 12.4. The van der Waals surface area contributed by atoms with Crippen LogP contribution in [0.25, 0.3) is 0 Å². The maximum Gasteiger partial charge on any atom is 0.134 e. The molecule has 0 saturated carbocycles. The Morgan fingerprint density at radius 3 is 3.00 bits per heavy atom. The molecule has 5 nitrogen and oxygen atoms in total. The molecule has 0 aliphatic carbocycles. The molecule has 1 unspecified atom stereocenters. The SMILES string of the molecule is CCNc1snnc1CN(C)C(C)CC#N. The molecule has 1 aromatic heterocycles. The number of aromatic nitrogens is 2.